The van der Waals surface area contributed by atoms with Gasteiger partial charge in [0, 0.05) is 18.7 Å². The van der Waals surface area contributed by atoms with E-state index in [0.29, 0.717) is 18.1 Å². The summed E-state index contributed by atoms with van der Waals surface area (Å²) >= 11 is 0. The summed E-state index contributed by atoms with van der Waals surface area (Å²) < 4.78 is 10.8. The molecule has 4 rings (SSSR count). The molecule has 0 saturated heterocycles. The number of ether oxygens (including phenoxy) is 1. The molecule has 0 amide bonds. The van der Waals surface area contributed by atoms with Gasteiger partial charge in [0.05, 0.1) is 6.42 Å². The Morgan fingerprint density at radius 3 is 2.91 bits per heavy atom. The molecule has 3 aromatic rings. The first-order valence-electron chi connectivity index (χ1n) is 11.8. The van der Waals surface area contributed by atoms with E-state index in [1.54, 1.807) is 6.82 Å². The first-order chi connectivity index (χ1) is 16.6. The monoisotopic (exact) mass is 463 g/mol. The highest BCUT2D eigenvalue weighted by Gasteiger charge is 2.26. The summed E-state index contributed by atoms with van der Waals surface area (Å²) in [5, 5.41) is 19.9. The van der Waals surface area contributed by atoms with Gasteiger partial charge in [0.1, 0.15) is 18.5 Å². The van der Waals surface area contributed by atoms with Crippen molar-refractivity contribution < 1.29 is 19.1 Å². The number of carbonyl (C=O) groups is 1. The van der Waals surface area contributed by atoms with Crippen molar-refractivity contribution in [1.29, 1.82) is 0 Å². The van der Waals surface area contributed by atoms with Gasteiger partial charge in [-0.25, -0.2) is 4.98 Å². The minimum absolute atomic E-state index is 0.129. The molecule has 0 radical (unpaired) electrons. The Bertz CT molecular complexity index is 1080. The first-order valence-corrected chi connectivity index (χ1v) is 11.8. The van der Waals surface area contributed by atoms with Crippen LogP contribution < -0.4 is 10.5 Å². The fourth-order valence-corrected chi connectivity index (χ4v) is 3.92. The second-order valence-corrected chi connectivity index (χ2v) is 8.49. The van der Waals surface area contributed by atoms with E-state index in [2.05, 4.69) is 32.8 Å². The van der Waals surface area contributed by atoms with Gasteiger partial charge in [0.25, 0.3) is 0 Å². The number of benzene rings is 1. The third kappa shape index (κ3) is 6.88. The third-order valence-corrected chi connectivity index (χ3v) is 5.62. The second kappa shape index (κ2) is 11.8. The maximum absolute atomic E-state index is 12.6. The van der Waals surface area contributed by atoms with Gasteiger partial charge in [0.2, 0.25) is 5.89 Å². The van der Waals surface area contributed by atoms with Crippen LogP contribution >= 0.6 is 0 Å². The average molecular weight is 463 g/mol. The summed E-state index contributed by atoms with van der Waals surface area (Å²) in [6, 6.07) is 12.9. The molecule has 10 heteroatoms. The quantitative estimate of drug-likeness (QED) is 0.291. The lowest BCUT2D eigenvalue weighted by atomic mass is 9.86. The van der Waals surface area contributed by atoms with Gasteiger partial charge in [-0.05, 0) is 49.7 Å². The van der Waals surface area contributed by atoms with Crippen molar-refractivity contribution in [3.8, 4) is 0 Å². The third-order valence-electron chi connectivity index (χ3n) is 5.62. The lowest BCUT2D eigenvalue weighted by Crippen LogP contribution is -2.47. The number of carbonyl (C=O) groups excluding carboxylic acids is 1. The number of esters is 1. The Morgan fingerprint density at radius 1 is 1.24 bits per heavy atom. The molecule has 0 bridgehead atoms. The van der Waals surface area contributed by atoms with Crippen LogP contribution in [0.4, 0.5) is 5.82 Å². The standard InChI is InChI=1S/C24H30BN5O4/c1-25(32)29-20(24(31)33-16-17-7-3-2-4-8-17)15-22-28-21(30-34-22)11-5-10-19-13-12-18-9-6-14-26-23(18)27-19/h2-4,7-8,12-13,20,29,32H,5-6,9-11,14-16H2,1H3,(H,26,27). The van der Waals surface area contributed by atoms with E-state index in [1.807, 2.05) is 30.3 Å². The minimum Gasteiger partial charge on any atom is -0.460 e. The smallest absolute Gasteiger partial charge is 0.374 e. The van der Waals surface area contributed by atoms with Crippen molar-refractivity contribution in [3.63, 3.8) is 0 Å². The molecule has 0 spiro atoms. The zero-order valence-electron chi connectivity index (χ0n) is 19.4. The van der Waals surface area contributed by atoms with E-state index >= 15 is 0 Å². The Labute approximate surface area is 199 Å². The van der Waals surface area contributed by atoms with Gasteiger partial charge in [-0.2, -0.15) is 4.98 Å². The van der Waals surface area contributed by atoms with E-state index < -0.39 is 19.1 Å². The fraction of sp³-hybridized carbons (Fsp3) is 0.417. The Morgan fingerprint density at radius 2 is 2.09 bits per heavy atom. The Balaban J connectivity index is 1.28. The number of aromatic nitrogens is 3. The largest absolute Gasteiger partial charge is 0.460 e. The molecule has 0 aliphatic carbocycles. The molecule has 1 aliphatic heterocycles. The number of anilines is 1. The number of rotatable bonds is 11. The lowest BCUT2D eigenvalue weighted by molar-refractivity contribution is -0.147. The normalized spacial score (nSPS) is 13.6. The number of fused-ring (bicyclic) bond motifs is 1. The topological polar surface area (TPSA) is 122 Å². The maximum Gasteiger partial charge on any atom is 0.374 e. The molecule has 9 nitrogen and oxygen atoms in total. The molecule has 34 heavy (non-hydrogen) atoms. The molecule has 1 unspecified atom stereocenters. The summed E-state index contributed by atoms with van der Waals surface area (Å²) in [5.41, 5.74) is 3.20. The highest BCUT2D eigenvalue weighted by molar-refractivity contribution is 6.46. The van der Waals surface area contributed by atoms with Crippen LogP contribution in [0.25, 0.3) is 0 Å². The van der Waals surface area contributed by atoms with Crippen LogP contribution in [-0.2, 0) is 41.8 Å². The zero-order chi connectivity index (χ0) is 23.8. The molecular weight excluding hydrogens is 433 g/mol. The number of hydrogen-bond donors (Lipinski definition) is 3. The molecule has 0 saturated carbocycles. The van der Waals surface area contributed by atoms with Crippen molar-refractivity contribution in [3.05, 3.63) is 71.0 Å². The molecule has 3 heterocycles. The van der Waals surface area contributed by atoms with Crippen molar-refractivity contribution in [1.82, 2.24) is 20.4 Å². The van der Waals surface area contributed by atoms with Crippen molar-refractivity contribution in [2.24, 2.45) is 0 Å². The lowest BCUT2D eigenvalue weighted by Gasteiger charge is -2.17. The molecule has 3 N–H and O–H groups in total. The van der Waals surface area contributed by atoms with E-state index in [9.17, 15) is 9.82 Å². The van der Waals surface area contributed by atoms with Crippen LogP contribution in [0, 0.1) is 0 Å². The predicted molar refractivity (Wildman–Crippen MR) is 128 cm³/mol. The van der Waals surface area contributed by atoms with Crippen LogP contribution in [0.15, 0.2) is 47.0 Å². The van der Waals surface area contributed by atoms with Gasteiger partial charge in [-0.15, -0.1) is 0 Å². The molecule has 0 fully saturated rings. The summed E-state index contributed by atoms with van der Waals surface area (Å²) in [6.45, 7) is 2.67. The fourth-order valence-electron chi connectivity index (χ4n) is 3.92. The van der Waals surface area contributed by atoms with E-state index in [0.717, 1.165) is 49.3 Å². The van der Waals surface area contributed by atoms with Gasteiger partial charge in [0.15, 0.2) is 5.82 Å². The maximum atomic E-state index is 12.6. The van der Waals surface area contributed by atoms with Gasteiger partial charge in [-0.3, -0.25) is 4.79 Å². The summed E-state index contributed by atoms with van der Waals surface area (Å²) in [5.74, 6) is 1.42. The summed E-state index contributed by atoms with van der Waals surface area (Å²) in [7, 11) is -0.893. The molecule has 2 aromatic heterocycles. The number of pyridine rings is 1. The molecular formula is C24H30BN5O4. The van der Waals surface area contributed by atoms with Crippen molar-refractivity contribution in [2.45, 2.75) is 58.0 Å². The minimum atomic E-state index is -0.893. The van der Waals surface area contributed by atoms with Crippen molar-refractivity contribution >= 4 is 18.8 Å². The Kier molecular flexibility index (Phi) is 8.27. The summed E-state index contributed by atoms with van der Waals surface area (Å²) in [4.78, 5) is 21.7. The van der Waals surface area contributed by atoms with Crippen LogP contribution in [0.5, 0.6) is 0 Å². The van der Waals surface area contributed by atoms with Gasteiger partial charge < -0.3 is 24.8 Å². The van der Waals surface area contributed by atoms with Crippen molar-refractivity contribution in [2.75, 3.05) is 11.9 Å². The number of aryl methyl sites for hydroxylation is 3. The van der Waals surface area contributed by atoms with Crippen LogP contribution in [0.2, 0.25) is 6.82 Å². The molecule has 1 atom stereocenters. The van der Waals surface area contributed by atoms with E-state index in [1.165, 1.54) is 5.56 Å². The van der Waals surface area contributed by atoms with Crippen LogP contribution in [0.1, 0.15) is 41.4 Å². The van der Waals surface area contributed by atoms with Gasteiger partial charge >= 0.3 is 13.0 Å². The van der Waals surface area contributed by atoms with E-state index in [-0.39, 0.29) is 13.0 Å². The van der Waals surface area contributed by atoms with Crippen LogP contribution in [0.3, 0.4) is 0 Å². The highest BCUT2D eigenvalue weighted by atomic mass is 16.5. The molecule has 178 valence electrons. The number of nitrogens with one attached hydrogen (secondary N) is 2. The zero-order valence-corrected chi connectivity index (χ0v) is 19.4. The van der Waals surface area contributed by atoms with Crippen LogP contribution in [-0.4, -0.2) is 45.8 Å². The number of nitrogens with zero attached hydrogens (tertiary/aromatic N) is 3. The Hall–Kier alpha value is -3.24. The second-order valence-electron chi connectivity index (χ2n) is 8.49. The highest BCUT2D eigenvalue weighted by Crippen LogP contribution is 2.20. The molecule has 1 aliphatic rings. The van der Waals surface area contributed by atoms with Gasteiger partial charge in [-0.1, -0.05) is 41.6 Å². The number of hydrogen-bond acceptors (Lipinski definition) is 9. The first kappa shape index (κ1) is 23.9. The summed E-state index contributed by atoms with van der Waals surface area (Å²) in [6.07, 6.45) is 4.64. The predicted octanol–water partition coefficient (Wildman–Crippen LogP) is 2.35. The average Bonchev–Trinajstić information content (AvgIpc) is 3.29. The van der Waals surface area contributed by atoms with E-state index in [4.69, 9.17) is 14.2 Å². The SMILES string of the molecule is CB(O)NC(Cc1nc(CCCc2ccc3c(n2)NCCC3)no1)C(=O)OCc1ccccc1. The molecule has 1 aromatic carbocycles.